The van der Waals surface area contributed by atoms with Crippen LogP contribution in [0.2, 0.25) is 5.02 Å². The molecule has 14 heavy (non-hydrogen) atoms. The molecule has 2 nitrogen and oxygen atoms in total. The lowest BCUT2D eigenvalue weighted by Gasteiger charge is -2.10. The van der Waals surface area contributed by atoms with E-state index in [0.29, 0.717) is 10.6 Å². The van der Waals surface area contributed by atoms with Crippen LogP contribution in [0.15, 0.2) is 18.2 Å². The Bertz CT molecular complexity index is 352. The maximum absolute atomic E-state index is 13.3. The highest BCUT2D eigenvalue weighted by Gasteiger charge is 2.14. The van der Waals surface area contributed by atoms with E-state index in [2.05, 4.69) is 0 Å². The van der Waals surface area contributed by atoms with Gasteiger partial charge in [0.05, 0.1) is 6.42 Å². The van der Waals surface area contributed by atoms with Crippen molar-refractivity contribution in [2.75, 3.05) is 0 Å². The van der Waals surface area contributed by atoms with E-state index in [1.165, 1.54) is 12.1 Å². The van der Waals surface area contributed by atoms with Crippen LogP contribution in [0, 0.1) is 5.82 Å². The molecule has 0 unspecified atom stereocenters. The molecule has 1 aromatic rings. The van der Waals surface area contributed by atoms with Crippen LogP contribution in [0.3, 0.4) is 0 Å². The third-order valence-electron chi connectivity index (χ3n) is 1.97. The second-order valence-electron chi connectivity index (χ2n) is 3.16. The lowest BCUT2D eigenvalue weighted by molar-refractivity contribution is -0.137. The molecule has 0 fully saturated rings. The normalized spacial score (nSPS) is 12.5. The standard InChI is InChI=1S/C10H10ClFO2/c1-6(4-10(13)14)8-3-2-7(11)5-9(8)12/h2-3,5-6H,4H2,1H3,(H,13,14)/t6-/m0/s1. The van der Waals surface area contributed by atoms with Crippen molar-refractivity contribution in [1.82, 2.24) is 0 Å². The van der Waals surface area contributed by atoms with Crippen molar-refractivity contribution in [3.05, 3.63) is 34.6 Å². The van der Waals surface area contributed by atoms with Crippen molar-refractivity contribution in [3.63, 3.8) is 0 Å². The summed E-state index contributed by atoms with van der Waals surface area (Å²) in [6, 6.07) is 4.26. The average molecular weight is 217 g/mol. The van der Waals surface area contributed by atoms with Crippen LogP contribution in [0.1, 0.15) is 24.8 Å². The van der Waals surface area contributed by atoms with Gasteiger partial charge >= 0.3 is 5.97 Å². The summed E-state index contributed by atoms with van der Waals surface area (Å²) >= 11 is 5.57. The second-order valence-corrected chi connectivity index (χ2v) is 3.60. The van der Waals surface area contributed by atoms with Gasteiger partial charge in [0, 0.05) is 5.02 Å². The molecule has 0 bridgehead atoms. The Labute approximate surface area is 86.3 Å². The number of hydrogen-bond acceptors (Lipinski definition) is 1. The van der Waals surface area contributed by atoms with Crippen LogP contribution in [0.5, 0.6) is 0 Å². The molecule has 1 aromatic carbocycles. The molecule has 1 rings (SSSR count). The van der Waals surface area contributed by atoms with Crippen LogP contribution in [0.25, 0.3) is 0 Å². The molecule has 0 saturated carbocycles. The van der Waals surface area contributed by atoms with Gasteiger partial charge < -0.3 is 5.11 Å². The summed E-state index contributed by atoms with van der Waals surface area (Å²) < 4.78 is 13.3. The van der Waals surface area contributed by atoms with Gasteiger partial charge in [-0.2, -0.15) is 0 Å². The van der Waals surface area contributed by atoms with Crippen molar-refractivity contribution in [2.45, 2.75) is 19.3 Å². The van der Waals surface area contributed by atoms with Crippen molar-refractivity contribution >= 4 is 17.6 Å². The smallest absolute Gasteiger partial charge is 0.303 e. The van der Waals surface area contributed by atoms with Gasteiger partial charge in [-0.25, -0.2) is 4.39 Å². The molecule has 0 aromatic heterocycles. The first-order valence-electron chi connectivity index (χ1n) is 4.17. The summed E-state index contributed by atoms with van der Waals surface area (Å²) in [6.07, 6.45) is -0.0848. The number of aliphatic carboxylic acids is 1. The topological polar surface area (TPSA) is 37.3 Å². The van der Waals surface area contributed by atoms with E-state index in [1.54, 1.807) is 13.0 Å². The minimum Gasteiger partial charge on any atom is -0.481 e. The van der Waals surface area contributed by atoms with Crippen molar-refractivity contribution in [3.8, 4) is 0 Å². The van der Waals surface area contributed by atoms with Crippen LogP contribution >= 0.6 is 11.6 Å². The highest BCUT2D eigenvalue weighted by atomic mass is 35.5. The summed E-state index contributed by atoms with van der Waals surface area (Å²) in [7, 11) is 0. The van der Waals surface area contributed by atoms with Gasteiger partial charge in [-0.05, 0) is 23.6 Å². The van der Waals surface area contributed by atoms with Gasteiger partial charge in [0.25, 0.3) is 0 Å². The Morgan fingerprint density at radius 3 is 2.79 bits per heavy atom. The van der Waals surface area contributed by atoms with E-state index >= 15 is 0 Å². The van der Waals surface area contributed by atoms with Gasteiger partial charge in [-0.1, -0.05) is 24.6 Å². The van der Waals surface area contributed by atoms with Crippen molar-refractivity contribution in [2.24, 2.45) is 0 Å². The molecule has 0 heterocycles. The summed E-state index contributed by atoms with van der Waals surface area (Å²) in [4.78, 5) is 10.4. The number of benzene rings is 1. The largest absolute Gasteiger partial charge is 0.481 e. The molecule has 4 heteroatoms. The Morgan fingerprint density at radius 1 is 1.64 bits per heavy atom. The molecule has 0 saturated heterocycles. The lowest BCUT2D eigenvalue weighted by Crippen LogP contribution is -2.04. The zero-order chi connectivity index (χ0) is 10.7. The maximum Gasteiger partial charge on any atom is 0.303 e. The highest BCUT2D eigenvalue weighted by Crippen LogP contribution is 2.24. The zero-order valence-corrected chi connectivity index (χ0v) is 8.38. The number of hydrogen-bond donors (Lipinski definition) is 1. The van der Waals surface area contributed by atoms with Gasteiger partial charge in [-0.15, -0.1) is 0 Å². The summed E-state index contributed by atoms with van der Waals surface area (Å²) in [5, 5.41) is 8.86. The van der Waals surface area contributed by atoms with Crippen LogP contribution in [-0.4, -0.2) is 11.1 Å². The highest BCUT2D eigenvalue weighted by molar-refractivity contribution is 6.30. The van der Waals surface area contributed by atoms with Gasteiger partial charge in [-0.3, -0.25) is 4.79 Å². The molecule has 0 spiro atoms. The molecule has 0 aliphatic carbocycles. The molecule has 0 aliphatic heterocycles. The van der Waals surface area contributed by atoms with E-state index in [9.17, 15) is 9.18 Å². The summed E-state index contributed by atoms with van der Waals surface area (Å²) in [5.74, 6) is -1.73. The minimum atomic E-state index is -0.938. The van der Waals surface area contributed by atoms with Crippen LogP contribution < -0.4 is 0 Å². The molecule has 0 amide bonds. The Hall–Kier alpha value is -1.09. The van der Waals surface area contributed by atoms with Crippen molar-refractivity contribution < 1.29 is 14.3 Å². The van der Waals surface area contributed by atoms with E-state index in [4.69, 9.17) is 16.7 Å². The van der Waals surface area contributed by atoms with Crippen molar-refractivity contribution in [1.29, 1.82) is 0 Å². The minimum absolute atomic E-state index is 0.0848. The van der Waals surface area contributed by atoms with Crippen LogP contribution in [0.4, 0.5) is 4.39 Å². The number of halogens is 2. The number of rotatable bonds is 3. The zero-order valence-electron chi connectivity index (χ0n) is 7.63. The molecular formula is C10H10ClFO2. The van der Waals surface area contributed by atoms with E-state index < -0.39 is 11.8 Å². The first kappa shape index (κ1) is 11.0. The Morgan fingerprint density at radius 2 is 2.29 bits per heavy atom. The van der Waals surface area contributed by atoms with E-state index in [0.717, 1.165) is 0 Å². The molecule has 1 atom stereocenters. The molecule has 0 aliphatic rings. The third kappa shape index (κ3) is 2.70. The summed E-state index contributed by atoms with van der Waals surface area (Å²) in [6.45, 7) is 1.67. The molecular weight excluding hydrogens is 207 g/mol. The number of carboxylic acid groups (broad SMARTS) is 1. The van der Waals surface area contributed by atoms with Gasteiger partial charge in [0.15, 0.2) is 0 Å². The summed E-state index contributed by atoms with van der Waals surface area (Å²) in [5.41, 5.74) is 0.386. The number of carboxylic acids is 1. The average Bonchev–Trinajstić information content (AvgIpc) is 2.01. The fourth-order valence-corrected chi connectivity index (χ4v) is 1.43. The first-order chi connectivity index (χ1) is 6.50. The SMILES string of the molecule is C[C@@H](CC(=O)O)c1ccc(Cl)cc1F. The number of carbonyl (C=O) groups is 1. The Balaban J connectivity index is 2.90. The lowest BCUT2D eigenvalue weighted by atomic mass is 9.97. The fourth-order valence-electron chi connectivity index (χ4n) is 1.27. The predicted octanol–water partition coefficient (Wildman–Crippen LogP) is 3.06. The van der Waals surface area contributed by atoms with E-state index in [-0.39, 0.29) is 12.3 Å². The first-order valence-corrected chi connectivity index (χ1v) is 4.55. The van der Waals surface area contributed by atoms with Gasteiger partial charge in [0.2, 0.25) is 0 Å². The Kier molecular flexibility index (Phi) is 3.47. The second kappa shape index (κ2) is 4.42. The molecule has 76 valence electrons. The van der Waals surface area contributed by atoms with Gasteiger partial charge in [0.1, 0.15) is 5.82 Å². The maximum atomic E-state index is 13.3. The fraction of sp³-hybridized carbons (Fsp3) is 0.300. The van der Waals surface area contributed by atoms with E-state index in [1.807, 2.05) is 0 Å². The third-order valence-corrected chi connectivity index (χ3v) is 2.21. The quantitative estimate of drug-likeness (QED) is 0.843. The molecule has 1 N–H and O–H groups in total. The monoisotopic (exact) mass is 216 g/mol. The van der Waals surface area contributed by atoms with Crippen LogP contribution in [-0.2, 0) is 4.79 Å². The predicted molar refractivity (Wildman–Crippen MR) is 52.1 cm³/mol. The molecule has 0 radical (unpaired) electrons.